The topological polar surface area (TPSA) is 38.3 Å². The van der Waals surface area contributed by atoms with Crippen LogP contribution in [0, 0.1) is 5.92 Å². The summed E-state index contributed by atoms with van der Waals surface area (Å²) in [6.45, 7) is 4.41. The lowest BCUT2D eigenvalue weighted by atomic mass is 9.76. The number of methoxy groups -OCH3 is 1. The van der Waals surface area contributed by atoms with Crippen molar-refractivity contribution >= 4 is 5.97 Å². The van der Waals surface area contributed by atoms with Crippen LogP contribution in [0.5, 0.6) is 0 Å². The van der Waals surface area contributed by atoms with E-state index in [1.807, 2.05) is 0 Å². The quantitative estimate of drug-likeness (QED) is 0.868. The summed E-state index contributed by atoms with van der Waals surface area (Å²) in [5.74, 6) is 0.724. The first-order chi connectivity index (χ1) is 10.1. The Morgan fingerprint density at radius 2 is 1.95 bits per heavy atom. The van der Waals surface area contributed by atoms with E-state index in [4.69, 9.17) is 4.74 Å². The molecular formula is C18H25NO2. The van der Waals surface area contributed by atoms with E-state index in [0.717, 1.165) is 12.8 Å². The van der Waals surface area contributed by atoms with Crippen molar-refractivity contribution in [2.24, 2.45) is 5.92 Å². The molecule has 3 heteroatoms. The molecule has 0 aliphatic carbocycles. The van der Waals surface area contributed by atoms with Crippen LogP contribution in [0.15, 0.2) is 24.3 Å². The van der Waals surface area contributed by atoms with Gasteiger partial charge in [0.2, 0.25) is 0 Å². The predicted octanol–water partition coefficient (Wildman–Crippen LogP) is 3.21. The van der Waals surface area contributed by atoms with Crippen molar-refractivity contribution in [2.45, 2.75) is 57.0 Å². The highest BCUT2D eigenvalue weighted by Gasteiger charge is 2.46. The Balaban J connectivity index is 1.89. The van der Waals surface area contributed by atoms with Gasteiger partial charge in [-0.15, -0.1) is 0 Å². The van der Waals surface area contributed by atoms with E-state index in [9.17, 15) is 4.79 Å². The minimum atomic E-state index is -0.0641. The van der Waals surface area contributed by atoms with Crippen LogP contribution in [0.1, 0.15) is 56.1 Å². The summed E-state index contributed by atoms with van der Waals surface area (Å²) in [5.41, 5.74) is 2.64. The molecule has 1 aromatic rings. The van der Waals surface area contributed by atoms with Gasteiger partial charge >= 0.3 is 5.97 Å². The van der Waals surface area contributed by atoms with Gasteiger partial charge < -0.3 is 10.1 Å². The zero-order valence-corrected chi connectivity index (χ0v) is 13.1. The molecule has 2 heterocycles. The number of fused-ring (bicyclic) bond motifs is 2. The SMILES string of the molecule is COC(=O)C1C2CC[C@H](C[C@@H]1c1ccc(C(C)C)cc1)N2. The number of ether oxygens (including phenoxy) is 1. The van der Waals surface area contributed by atoms with Crippen molar-refractivity contribution in [3.8, 4) is 0 Å². The summed E-state index contributed by atoms with van der Waals surface area (Å²) in [7, 11) is 1.50. The predicted molar refractivity (Wildman–Crippen MR) is 83.3 cm³/mol. The van der Waals surface area contributed by atoms with Crippen molar-refractivity contribution < 1.29 is 9.53 Å². The molecule has 0 amide bonds. The highest BCUT2D eigenvalue weighted by atomic mass is 16.5. The van der Waals surface area contributed by atoms with E-state index in [1.165, 1.54) is 24.7 Å². The average molecular weight is 287 g/mol. The van der Waals surface area contributed by atoms with Crippen molar-refractivity contribution in [2.75, 3.05) is 7.11 Å². The molecule has 1 aromatic carbocycles. The van der Waals surface area contributed by atoms with Gasteiger partial charge in [-0.3, -0.25) is 4.79 Å². The molecule has 114 valence electrons. The summed E-state index contributed by atoms with van der Waals surface area (Å²) < 4.78 is 5.08. The second-order valence-electron chi connectivity index (χ2n) is 6.76. The van der Waals surface area contributed by atoms with E-state index in [1.54, 1.807) is 0 Å². The third-order valence-electron chi connectivity index (χ3n) is 5.19. The number of hydrogen-bond acceptors (Lipinski definition) is 3. The Labute approximate surface area is 127 Å². The first-order valence-electron chi connectivity index (χ1n) is 8.04. The molecule has 2 fully saturated rings. The van der Waals surface area contributed by atoms with Crippen LogP contribution in [0.4, 0.5) is 0 Å². The zero-order chi connectivity index (χ0) is 15.0. The fourth-order valence-corrected chi connectivity index (χ4v) is 3.99. The Kier molecular flexibility index (Phi) is 4.03. The van der Waals surface area contributed by atoms with Gasteiger partial charge in [-0.25, -0.2) is 0 Å². The van der Waals surface area contributed by atoms with Crippen LogP contribution in [-0.2, 0) is 9.53 Å². The molecule has 3 nitrogen and oxygen atoms in total. The second kappa shape index (κ2) is 5.80. The normalized spacial score (nSPS) is 31.4. The molecule has 0 radical (unpaired) electrons. The molecular weight excluding hydrogens is 262 g/mol. The Hall–Kier alpha value is -1.35. The van der Waals surface area contributed by atoms with Crippen molar-refractivity contribution in [1.82, 2.24) is 5.32 Å². The third-order valence-corrected chi connectivity index (χ3v) is 5.19. The number of benzene rings is 1. The lowest BCUT2D eigenvalue weighted by molar-refractivity contribution is -0.148. The lowest BCUT2D eigenvalue weighted by Crippen LogP contribution is -2.48. The van der Waals surface area contributed by atoms with Gasteiger partial charge in [0.05, 0.1) is 13.0 Å². The number of carbonyl (C=O) groups is 1. The van der Waals surface area contributed by atoms with E-state index >= 15 is 0 Å². The zero-order valence-electron chi connectivity index (χ0n) is 13.1. The van der Waals surface area contributed by atoms with Gasteiger partial charge in [-0.2, -0.15) is 0 Å². The average Bonchev–Trinajstić information content (AvgIpc) is 2.88. The molecule has 4 atom stereocenters. The van der Waals surface area contributed by atoms with Gasteiger partial charge in [0.25, 0.3) is 0 Å². The van der Waals surface area contributed by atoms with Gasteiger partial charge in [0, 0.05) is 18.0 Å². The van der Waals surface area contributed by atoms with Crippen LogP contribution in [-0.4, -0.2) is 25.2 Å². The Bertz CT molecular complexity index is 508. The highest BCUT2D eigenvalue weighted by molar-refractivity contribution is 5.75. The van der Waals surface area contributed by atoms with Crippen LogP contribution in [0.3, 0.4) is 0 Å². The minimum absolute atomic E-state index is 0.0429. The maximum atomic E-state index is 12.3. The third kappa shape index (κ3) is 2.71. The van der Waals surface area contributed by atoms with Crippen LogP contribution in [0.2, 0.25) is 0 Å². The molecule has 0 aromatic heterocycles. The van der Waals surface area contributed by atoms with Gasteiger partial charge in [0.15, 0.2) is 0 Å². The maximum absolute atomic E-state index is 12.3. The van der Waals surface area contributed by atoms with Gasteiger partial charge in [0.1, 0.15) is 0 Å². The second-order valence-corrected chi connectivity index (χ2v) is 6.76. The molecule has 2 unspecified atom stereocenters. The summed E-state index contributed by atoms with van der Waals surface area (Å²) in [4.78, 5) is 12.3. The van der Waals surface area contributed by atoms with E-state index in [0.29, 0.717) is 12.0 Å². The highest BCUT2D eigenvalue weighted by Crippen LogP contribution is 2.42. The number of esters is 1. The van der Waals surface area contributed by atoms with Crippen molar-refractivity contribution in [3.63, 3.8) is 0 Å². The Morgan fingerprint density at radius 1 is 1.24 bits per heavy atom. The fraction of sp³-hybridized carbons (Fsp3) is 0.611. The van der Waals surface area contributed by atoms with Gasteiger partial charge in [-0.1, -0.05) is 38.1 Å². The van der Waals surface area contributed by atoms with Gasteiger partial charge in [-0.05, 0) is 36.3 Å². The number of piperidine rings is 1. The van der Waals surface area contributed by atoms with E-state index < -0.39 is 0 Å². The molecule has 2 aliphatic rings. The molecule has 2 aliphatic heterocycles. The summed E-state index contributed by atoms with van der Waals surface area (Å²) >= 11 is 0. The van der Waals surface area contributed by atoms with E-state index in [2.05, 4.69) is 43.4 Å². The smallest absolute Gasteiger partial charge is 0.310 e. The largest absolute Gasteiger partial charge is 0.469 e. The number of rotatable bonds is 3. The van der Waals surface area contributed by atoms with Crippen LogP contribution >= 0.6 is 0 Å². The molecule has 3 rings (SSSR count). The summed E-state index contributed by atoms with van der Waals surface area (Å²) in [6, 6.07) is 9.68. The summed E-state index contributed by atoms with van der Waals surface area (Å²) in [6.07, 6.45) is 3.31. The first kappa shape index (κ1) is 14.6. The lowest BCUT2D eigenvalue weighted by Gasteiger charge is -2.36. The number of nitrogens with one attached hydrogen (secondary N) is 1. The minimum Gasteiger partial charge on any atom is -0.469 e. The molecule has 0 saturated carbocycles. The van der Waals surface area contributed by atoms with E-state index in [-0.39, 0.29) is 23.8 Å². The standard InChI is InChI=1S/C18H25NO2/c1-11(2)12-4-6-13(7-5-12)15-10-14-8-9-16(19-14)17(15)18(20)21-3/h4-7,11,14-17,19H,8-10H2,1-3H3/t14-,15-,16?,17?/m1/s1. The Morgan fingerprint density at radius 3 is 2.57 bits per heavy atom. The first-order valence-corrected chi connectivity index (χ1v) is 8.04. The number of carbonyl (C=O) groups excluding carboxylic acids is 1. The van der Waals surface area contributed by atoms with Crippen molar-refractivity contribution in [3.05, 3.63) is 35.4 Å². The molecule has 21 heavy (non-hydrogen) atoms. The molecule has 2 saturated heterocycles. The fourth-order valence-electron chi connectivity index (χ4n) is 3.99. The van der Waals surface area contributed by atoms with Crippen LogP contribution in [0.25, 0.3) is 0 Å². The monoisotopic (exact) mass is 287 g/mol. The van der Waals surface area contributed by atoms with Crippen molar-refractivity contribution in [1.29, 1.82) is 0 Å². The molecule has 0 spiro atoms. The maximum Gasteiger partial charge on any atom is 0.310 e. The summed E-state index contributed by atoms with van der Waals surface area (Å²) in [5, 5.41) is 3.58. The number of hydrogen-bond donors (Lipinski definition) is 1. The molecule has 2 bridgehead atoms. The van der Waals surface area contributed by atoms with Crippen LogP contribution < -0.4 is 5.32 Å². The molecule has 1 N–H and O–H groups in total.